The summed E-state index contributed by atoms with van der Waals surface area (Å²) >= 11 is 0. The molecule has 1 saturated heterocycles. The topological polar surface area (TPSA) is 76.5 Å². The van der Waals surface area contributed by atoms with Gasteiger partial charge in [-0.25, -0.2) is 9.97 Å². The van der Waals surface area contributed by atoms with Gasteiger partial charge in [-0.15, -0.1) is 0 Å². The summed E-state index contributed by atoms with van der Waals surface area (Å²) < 4.78 is 1.74. The van der Waals surface area contributed by atoms with Gasteiger partial charge in [-0.2, -0.15) is 0 Å². The van der Waals surface area contributed by atoms with Gasteiger partial charge in [0.1, 0.15) is 5.69 Å². The molecule has 1 fully saturated rings. The van der Waals surface area contributed by atoms with Crippen LogP contribution in [0.3, 0.4) is 0 Å². The predicted molar refractivity (Wildman–Crippen MR) is 61.5 cm³/mol. The van der Waals surface area contributed by atoms with Crippen molar-refractivity contribution in [3.8, 4) is 0 Å². The molecular formula is C11H13N5O. The summed E-state index contributed by atoms with van der Waals surface area (Å²) in [5.74, 6) is 0.475. The molecule has 0 spiro atoms. The van der Waals surface area contributed by atoms with Gasteiger partial charge in [-0.1, -0.05) is 0 Å². The smallest absolute Gasteiger partial charge is 0.274 e. The van der Waals surface area contributed by atoms with Crippen LogP contribution in [0.1, 0.15) is 16.9 Å². The number of fused-ring (bicyclic) bond motifs is 1. The maximum atomic E-state index is 12.1. The largest absolute Gasteiger partial charge is 0.336 e. The molecule has 1 aliphatic rings. The lowest BCUT2D eigenvalue weighted by Gasteiger charge is -2.13. The number of hydrogen-bond acceptors (Lipinski definition) is 4. The molecule has 88 valence electrons. The van der Waals surface area contributed by atoms with E-state index in [1.165, 1.54) is 0 Å². The molecule has 6 heteroatoms. The lowest BCUT2D eigenvalue weighted by atomic mass is 10.3. The average molecular weight is 231 g/mol. The Kier molecular flexibility index (Phi) is 2.29. The van der Waals surface area contributed by atoms with Gasteiger partial charge in [0.15, 0.2) is 0 Å². The van der Waals surface area contributed by atoms with Gasteiger partial charge in [0.2, 0.25) is 5.78 Å². The molecule has 17 heavy (non-hydrogen) atoms. The highest BCUT2D eigenvalue weighted by molar-refractivity contribution is 5.93. The fourth-order valence-corrected chi connectivity index (χ4v) is 2.07. The second-order valence-corrected chi connectivity index (χ2v) is 4.25. The molecule has 1 atom stereocenters. The van der Waals surface area contributed by atoms with E-state index in [-0.39, 0.29) is 11.9 Å². The third-order valence-corrected chi connectivity index (χ3v) is 2.97. The fourth-order valence-electron chi connectivity index (χ4n) is 2.07. The van der Waals surface area contributed by atoms with Crippen LogP contribution in [0.4, 0.5) is 0 Å². The Bertz CT molecular complexity index is 531. The third-order valence-electron chi connectivity index (χ3n) is 2.97. The summed E-state index contributed by atoms with van der Waals surface area (Å²) in [6.07, 6.45) is 6.04. The fraction of sp³-hybridized carbons (Fsp3) is 0.364. The monoisotopic (exact) mass is 231 g/mol. The highest BCUT2D eigenvalue weighted by Crippen LogP contribution is 2.12. The number of amides is 1. The lowest BCUT2D eigenvalue weighted by molar-refractivity contribution is 0.0786. The molecule has 0 radical (unpaired) electrons. The van der Waals surface area contributed by atoms with Crippen LogP contribution in [-0.2, 0) is 0 Å². The van der Waals surface area contributed by atoms with E-state index in [9.17, 15) is 4.79 Å². The Hall–Kier alpha value is -1.95. The van der Waals surface area contributed by atoms with Crippen molar-refractivity contribution in [2.75, 3.05) is 13.1 Å². The number of likely N-dealkylation sites (tertiary alicyclic amines) is 1. The first-order chi connectivity index (χ1) is 8.24. The van der Waals surface area contributed by atoms with Gasteiger partial charge < -0.3 is 10.6 Å². The minimum atomic E-state index is -0.0662. The molecule has 0 bridgehead atoms. The first-order valence-electron chi connectivity index (χ1n) is 5.58. The van der Waals surface area contributed by atoms with Gasteiger partial charge in [0.05, 0.1) is 0 Å². The Morgan fingerprint density at radius 1 is 1.53 bits per heavy atom. The number of rotatable bonds is 1. The number of imidazole rings is 1. The van der Waals surface area contributed by atoms with E-state index < -0.39 is 0 Å². The molecule has 3 heterocycles. The Morgan fingerprint density at radius 2 is 2.41 bits per heavy atom. The molecule has 2 aromatic rings. The van der Waals surface area contributed by atoms with Crippen molar-refractivity contribution in [3.05, 3.63) is 30.4 Å². The maximum Gasteiger partial charge on any atom is 0.274 e. The second kappa shape index (κ2) is 3.81. The highest BCUT2D eigenvalue weighted by Gasteiger charge is 2.26. The van der Waals surface area contributed by atoms with Crippen LogP contribution in [0.15, 0.2) is 24.7 Å². The quantitative estimate of drug-likeness (QED) is 0.743. The van der Waals surface area contributed by atoms with E-state index in [0.29, 0.717) is 24.6 Å². The molecule has 1 amide bonds. The van der Waals surface area contributed by atoms with Crippen molar-refractivity contribution in [1.82, 2.24) is 19.3 Å². The van der Waals surface area contributed by atoms with Crippen LogP contribution < -0.4 is 5.73 Å². The summed E-state index contributed by atoms with van der Waals surface area (Å²) in [4.78, 5) is 22.2. The van der Waals surface area contributed by atoms with Gasteiger partial charge in [0, 0.05) is 37.7 Å². The first-order valence-corrected chi connectivity index (χ1v) is 5.58. The zero-order valence-corrected chi connectivity index (χ0v) is 9.28. The summed E-state index contributed by atoms with van der Waals surface area (Å²) in [7, 11) is 0. The third kappa shape index (κ3) is 1.76. The van der Waals surface area contributed by atoms with Crippen molar-refractivity contribution in [2.45, 2.75) is 12.5 Å². The number of carbonyl (C=O) groups is 1. The van der Waals surface area contributed by atoms with E-state index in [0.717, 1.165) is 6.42 Å². The standard InChI is InChI=1S/C11H13N5O/c12-8-2-5-15(6-8)10(17)9-7-16-4-1-3-13-11(16)14-9/h1,3-4,7-8H,2,5-6,12H2. The Labute approximate surface area is 98.1 Å². The SMILES string of the molecule is NC1CCN(C(=O)c2cn3cccnc3n2)C1. The molecule has 1 unspecified atom stereocenters. The lowest BCUT2D eigenvalue weighted by Crippen LogP contribution is -2.32. The summed E-state index contributed by atoms with van der Waals surface area (Å²) in [5.41, 5.74) is 6.21. The minimum Gasteiger partial charge on any atom is -0.336 e. The van der Waals surface area contributed by atoms with E-state index >= 15 is 0 Å². The van der Waals surface area contributed by atoms with E-state index in [1.807, 2.05) is 6.20 Å². The minimum absolute atomic E-state index is 0.0662. The van der Waals surface area contributed by atoms with E-state index in [1.54, 1.807) is 27.8 Å². The molecule has 0 aliphatic carbocycles. The van der Waals surface area contributed by atoms with Gasteiger partial charge in [0.25, 0.3) is 5.91 Å². The van der Waals surface area contributed by atoms with E-state index in [2.05, 4.69) is 9.97 Å². The molecule has 0 aromatic carbocycles. The normalized spacial score (nSPS) is 20.1. The van der Waals surface area contributed by atoms with Crippen molar-refractivity contribution in [2.24, 2.45) is 5.73 Å². The first kappa shape index (κ1) is 10.2. The van der Waals surface area contributed by atoms with Gasteiger partial charge in [-0.05, 0) is 12.5 Å². The van der Waals surface area contributed by atoms with Gasteiger partial charge >= 0.3 is 0 Å². The van der Waals surface area contributed by atoms with Crippen LogP contribution >= 0.6 is 0 Å². The maximum absolute atomic E-state index is 12.1. The zero-order chi connectivity index (χ0) is 11.8. The number of nitrogens with two attached hydrogens (primary N) is 1. The van der Waals surface area contributed by atoms with Crippen LogP contribution in [0.25, 0.3) is 5.78 Å². The zero-order valence-electron chi connectivity index (χ0n) is 9.28. The van der Waals surface area contributed by atoms with Crippen molar-refractivity contribution < 1.29 is 4.79 Å². The van der Waals surface area contributed by atoms with Crippen LogP contribution in [0.5, 0.6) is 0 Å². The predicted octanol–water partition coefficient (Wildman–Crippen LogP) is -0.0975. The number of aromatic nitrogens is 3. The van der Waals surface area contributed by atoms with Crippen LogP contribution in [-0.4, -0.2) is 44.3 Å². The Morgan fingerprint density at radius 3 is 3.12 bits per heavy atom. The number of nitrogens with zero attached hydrogens (tertiary/aromatic N) is 4. The molecular weight excluding hydrogens is 218 g/mol. The van der Waals surface area contributed by atoms with Crippen molar-refractivity contribution in [1.29, 1.82) is 0 Å². The van der Waals surface area contributed by atoms with E-state index in [4.69, 9.17) is 5.73 Å². The molecule has 1 aliphatic heterocycles. The number of hydrogen-bond donors (Lipinski definition) is 1. The number of carbonyl (C=O) groups excluding carboxylic acids is 1. The van der Waals surface area contributed by atoms with Crippen molar-refractivity contribution in [3.63, 3.8) is 0 Å². The second-order valence-electron chi connectivity index (χ2n) is 4.25. The molecule has 0 saturated carbocycles. The van der Waals surface area contributed by atoms with Crippen LogP contribution in [0, 0.1) is 0 Å². The van der Waals surface area contributed by atoms with Crippen molar-refractivity contribution >= 4 is 11.7 Å². The molecule has 3 rings (SSSR count). The highest BCUT2D eigenvalue weighted by atomic mass is 16.2. The van der Waals surface area contributed by atoms with Gasteiger partial charge in [-0.3, -0.25) is 9.20 Å². The van der Waals surface area contributed by atoms with Crippen LogP contribution in [0.2, 0.25) is 0 Å². The Balaban J connectivity index is 1.90. The summed E-state index contributed by atoms with van der Waals surface area (Å²) in [6, 6.07) is 1.89. The molecule has 2 aromatic heterocycles. The molecule has 2 N–H and O–H groups in total. The summed E-state index contributed by atoms with van der Waals surface area (Å²) in [5, 5.41) is 0. The molecule has 6 nitrogen and oxygen atoms in total. The average Bonchev–Trinajstić information content (AvgIpc) is 2.93. The summed E-state index contributed by atoms with van der Waals surface area (Å²) in [6.45, 7) is 1.32.